The second-order valence-electron chi connectivity index (χ2n) is 8.21. The quantitative estimate of drug-likeness (QED) is 0.516. The summed E-state index contributed by atoms with van der Waals surface area (Å²) in [5.74, 6) is -0.0643. The van der Waals surface area contributed by atoms with Gasteiger partial charge in [0.05, 0.1) is 18.9 Å². The van der Waals surface area contributed by atoms with Crippen molar-refractivity contribution in [2.24, 2.45) is 7.05 Å². The minimum atomic E-state index is -0.342. The van der Waals surface area contributed by atoms with Crippen LogP contribution < -0.4 is 4.74 Å². The summed E-state index contributed by atoms with van der Waals surface area (Å²) in [5.41, 5.74) is 4.52. The maximum absolute atomic E-state index is 13.7. The van der Waals surface area contributed by atoms with Gasteiger partial charge in [0.15, 0.2) is 11.6 Å². The molecule has 0 N–H and O–H groups in total. The van der Waals surface area contributed by atoms with Gasteiger partial charge in [-0.15, -0.1) is 0 Å². The van der Waals surface area contributed by atoms with Gasteiger partial charge in [-0.05, 0) is 30.7 Å². The second kappa shape index (κ2) is 10.6. The third-order valence-electron chi connectivity index (χ3n) is 5.61. The molecule has 1 atom stereocenters. The van der Waals surface area contributed by atoms with Crippen LogP contribution in [-0.2, 0) is 18.2 Å². The van der Waals surface area contributed by atoms with E-state index < -0.39 is 0 Å². The highest BCUT2D eigenvalue weighted by Crippen LogP contribution is 2.23. The van der Waals surface area contributed by atoms with Crippen LogP contribution >= 0.6 is 0 Å². The Labute approximate surface area is 189 Å². The van der Waals surface area contributed by atoms with Crippen LogP contribution in [0.3, 0.4) is 0 Å². The number of hydrogen-bond acceptors (Lipinski definition) is 4. The molecule has 5 nitrogen and oxygen atoms in total. The molecule has 0 saturated carbocycles. The first-order valence-electron chi connectivity index (χ1n) is 11.0. The largest absolute Gasteiger partial charge is 0.490 e. The predicted molar refractivity (Wildman–Crippen MR) is 124 cm³/mol. The molecular weight excluding hydrogens is 405 g/mol. The summed E-state index contributed by atoms with van der Waals surface area (Å²) in [6.07, 6.45) is 2.83. The topological polar surface area (TPSA) is 39.5 Å². The van der Waals surface area contributed by atoms with E-state index in [2.05, 4.69) is 53.3 Å². The average Bonchev–Trinajstić information content (AvgIpc) is 3.16. The van der Waals surface area contributed by atoms with E-state index in [1.165, 1.54) is 17.2 Å². The molecule has 1 aliphatic heterocycles. The van der Waals surface area contributed by atoms with Crippen LogP contribution in [0.5, 0.6) is 5.75 Å². The molecule has 6 heteroatoms. The lowest BCUT2D eigenvalue weighted by atomic mass is 10.1. The van der Waals surface area contributed by atoms with Crippen molar-refractivity contribution in [1.82, 2.24) is 14.7 Å². The monoisotopic (exact) mass is 435 g/mol. The fraction of sp³-hybridized carbons (Fsp3) is 0.346. The van der Waals surface area contributed by atoms with Crippen LogP contribution in [0.4, 0.5) is 4.39 Å². The Morgan fingerprint density at radius 3 is 2.78 bits per heavy atom. The summed E-state index contributed by atoms with van der Waals surface area (Å²) in [7, 11) is 1.93. The first kappa shape index (κ1) is 22.2. The Balaban J connectivity index is 1.33. The van der Waals surface area contributed by atoms with Crippen LogP contribution in [-0.4, -0.2) is 47.5 Å². The Kier molecular flexibility index (Phi) is 7.35. The summed E-state index contributed by atoms with van der Waals surface area (Å²) in [4.78, 5) is 2.42. The van der Waals surface area contributed by atoms with Gasteiger partial charge in [-0.25, -0.2) is 4.39 Å². The number of morpholine rings is 1. The van der Waals surface area contributed by atoms with E-state index in [-0.39, 0.29) is 17.7 Å². The van der Waals surface area contributed by atoms with Crippen LogP contribution in [0.25, 0.3) is 6.08 Å². The van der Waals surface area contributed by atoms with Gasteiger partial charge in [0, 0.05) is 38.8 Å². The standard InChI is InChI=1S/C26H30FN3O2/c1-20(16-21-8-4-3-5-9-21)18-30-13-15-32-26(19-30)24-17-22(29(2)28-24)12-14-31-25-11-7-6-10-23(25)27/h3-11,16-17,26H,12-15,18-19H2,1-2H3/b20-16+/t26-/m1/s1. The molecule has 0 unspecified atom stereocenters. The zero-order valence-electron chi connectivity index (χ0n) is 18.7. The summed E-state index contributed by atoms with van der Waals surface area (Å²) in [5, 5.41) is 4.68. The van der Waals surface area contributed by atoms with Crippen LogP contribution in [0.2, 0.25) is 0 Å². The molecule has 0 aliphatic carbocycles. The van der Waals surface area contributed by atoms with Crippen molar-refractivity contribution in [2.75, 3.05) is 32.8 Å². The van der Waals surface area contributed by atoms with Gasteiger partial charge in [-0.3, -0.25) is 9.58 Å². The van der Waals surface area contributed by atoms with Gasteiger partial charge in [-0.2, -0.15) is 5.10 Å². The van der Waals surface area contributed by atoms with Gasteiger partial charge < -0.3 is 9.47 Å². The predicted octanol–water partition coefficient (Wildman–Crippen LogP) is 4.66. The number of nitrogens with zero attached hydrogens (tertiary/aromatic N) is 3. The minimum Gasteiger partial charge on any atom is -0.490 e. The molecule has 4 rings (SSSR count). The molecule has 168 valence electrons. The molecule has 0 radical (unpaired) electrons. The van der Waals surface area contributed by atoms with E-state index in [4.69, 9.17) is 9.47 Å². The molecule has 1 aliphatic rings. The third-order valence-corrected chi connectivity index (χ3v) is 5.61. The highest BCUT2D eigenvalue weighted by molar-refractivity contribution is 5.52. The van der Waals surface area contributed by atoms with Gasteiger partial charge in [0.25, 0.3) is 0 Å². The highest BCUT2D eigenvalue weighted by Gasteiger charge is 2.25. The average molecular weight is 436 g/mol. The van der Waals surface area contributed by atoms with Crippen molar-refractivity contribution in [3.63, 3.8) is 0 Å². The van der Waals surface area contributed by atoms with Crippen molar-refractivity contribution >= 4 is 6.08 Å². The smallest absolute Gasteiger partial charge is 0.165 e. The zero-order chi connectivity index (χ0) is 22.3. The maximum atomic E-state index is 13.7. The molecule has 2 aromatic carbocycles. The Morgan fingerprint density at radius 1 is 1.19 bits per heavy atom. The fourth-order valence-electron chi connectivity index (χ4n) is 4.01. The number of ether oxygens (including phenoxy) is 2. The molecule has 1 aromatic heterocycles. The second-order valence-corrected chi connectivity index (χ2v) is 8.21. The van der Waals surface area contributed by atoms with Gasteiger partial charge in [0.2, 0.25) is 0 Å². The normalized spacial score (nSPS) is 17.5. The summed E-state index contributed by atoms with van der Waals surface area (Å²) in [6, 6.07) is 18.9. The third kappa shape index (κ3) is 5.84. The Morgan fingerprint density at radius 2 is 1.97 bits per heavy atom. The summed E-state index contributed by atoms with van der Waals surface area (Å²) < 4.78 is 27.2. The SMILES string of the molecule is C/C(=C\c1ccccc1)CN1CCO[C@@H](c2cc(CCOc3ccccc3F)n(C)n2)C1. The minimum absolute atomic E-state index is 0.0549. The molecule has 1 saturated heterocycles. The molecule has 3 aromatic rings. The number of hydrogen-bond donors (Lipinski definition) is 0. The lowest BCUT2D eigenvalue weighted by molar-refractivity contribution is -0.0291. The maximum Gasteiger partial charge on any atom is 0.165 e. The van der Waals surface area contributed by atoms with Crippen molar-refractivity contribution in [3.05, 3.63) is 89.0 Å². The number of para-hydroxylation sites is 1. The van der Waals surface area contributed by atoms with Gasteiger partial charge >= 0.3 is 0 Å². The summed E-state index contributed by atoms with van der Waals surface area (Å²) in [6.45, 7) is 5.87. The first-order valence-corrected chi connectivity index (χ1v) is 11.0. The van der Waals surface area contributed by atoms with Crippen molar-refractivity contribution < 1.29 is 13.9 Å². The molecule has 0 amide bonds. The van der Waals surface area contributed by atoms with Gasteiger partial charge in [0.1, 0.15) is 6.10 Å². The number of halogens is 1. The van der Waals surface area contributed by atoms with Crippen molar-refractivity contribution in [2.45, 2.75) is 19.4 Å². The van der Waals surface area contributed by atoms with Crippen LogP contribution in [0, 0.1) is 5.82 Å². The van der Waals surface area contributed by atoms with Crippen molar-refractivity contribution in [1.29, 1.82) is 0 Å². The van der Waals surface area contributed by atoms with E-state index >= 15 is 0 Å². The van der Waals surface area contributed by atoms with Crippen LogP contribution in [0.15, 0.2) is 66.2 Å². The fourth-order valence-corrected chi connectivity index (χ4v) is 4.01. The molecule has 0 spiro atoms. The lowest BCUT2D eigenvalue weighted by Crippen LogP contribution is -2.39. The zero-order valence-corrected chi connectivity index (χ0v) is 18.7. The molecule has 1 fully saturated rings. The first-order chi connectivity index (χ1) is 15.6. The van der Waals surface area contributed by atoms with E-state index in [1.54, 1.807) is 18.2 Å². The lowest BCUT2D eigenvalue weighted by Gasteiger charge is -2.32. The Bertz CT molecular complexity index is 1050. The highest BCUT2D eigenvalue weighted by atomic mass is 19.1. The van der Waals surface area contributed by atoms with E-state index in [0.29, 0.717) is 19.6 Å². The van der Waals surface area contributed by atoms with Gasteiger partial charge in [-0.1, -0.05) is 54.1 Å². The number of benzene rings is 2. The van der Waals surface area contributed by atoms with Crippen LogP contribution in [0.1, 0.15) is 30.0 Å². The Hall–Kier alpha value is -2.96. The molecular formula is C26H30FN3O2. The van der Waals surface area contributed by atoms with E-state index in [1.807, 2.05) is 17.8 Å². The number of aryl methyl sites for hydroxylation is 1. The molecule has 0 bridgehead atoms. The van der Waals surface area contributed by atoms with Crippen molar-refractivity contribution in [3.8, 4) is 5.75 Å². The number of rotatable bonds is 8. The van der Waals surface area contributed by atoms with E-state index in [9.17, 15) is 4.39 Å². The number of aromatic nitrogens is 2. The van der Waals surface area contributed by atoms with E-state index in [0.717, 1.165) is 31.0 Å². The molecule has 32 heavy (non-hydrogen) atoms. The molecule has 2 heterocycles. The summed E-state index contributed by atoms with van der Waals surface area (Å²) >= 11 is 0.